The van der Waals surface area contributed by atoms with Crippen molar-refractivity contribution in [1.29, 1.82) is 0 Å². The molecule has 1 atom stereocenters. The first-order valence-electron chi connectivity index (χ1n) is 7.51. The maximum atomic E-state index is 13.9. The number of nitrogens with one attached hydrogen (secondary N) is 1. The van der Waals surface area contributed by atoms with Crippen molar-refractivity contribution in [2.45, 2.75) is 10.8 Å². The third-order valence-corrected chi connectivity index (χ3v) is 5.57. The third-order valence-electron chi connectivity index (χ3n) is 3.60. The van der Waals surface area contributed by atoms with Gasteiger partial charge in [0.25, 0.3) is 0 Å². The second-order valence-electron chi connectivity index (χ2n) is 5.32. The number of hydrogen-bond acceptors (Lipinski definition) is 6. The van der Waals surface area contributed by atoms with Crippen LogP contribution in [0.3, 0.4) is 0 Å². The van der Waals surface area contributed by atoms with Gasteiger partial charge < -0.3 is 10.2 Å². The van der Waals surface area contributed by atoms with Crippen molar-refractivity contribution in [2.24, 2.45) is 5.92 Å². The maximum Gasteiger partial charge on any atom is 0.231 e. The summed E-state index contributed by atoms with van der Waals surface area (Å²) >= 11 is 2.73. The van der Waals surface area contributed by atoms with Crippen LogP contribution in [-0.2, 0) is 9.59 Å². The molecule has 2 heterocycles. The van der Waals surface area contributed by atoms with Gasteiger partial charge >= 0.3 is 0 Å². The first kappa shape index (κ1) is 17.6. The highest BCUT2D eigenvalue weighted by atomic mass is 32.2. The molecule has 0 saturated carbocycles. The molecule has 1 aromatic heterocycles. The topological polar surface area (TPSA) is 75.2 Å². The number of para-hydroxylation sites is 1. The van der Waals surface area contributed by atoms with Gasteiger partial charge in [-0.15, -0.1) is 16.8 Å². The molecular formula is C16H15FN4O2S2. The van der Waals surface area contributed by atoms with Crippen LogP contribution in [0.1, 0.15) is 6.42 Å². The fourth-order valence-electron chi connectivity index (χ4n) is 2.44. The average Bonchev–Trinajstić information content (AvgIpc) is 3.20. The Morgan fingerprint density at radius 3 is 3.04 bits per heavy atom. The van der Waals surface area contributed by atoms with Crippen molar-refractivity contribution in [3.8, 4) is 0 Å². The van der Waals surface area contributed by atoms with Crippen molar-refractivity contribution in [1.82, 2.24) is 10.2 Å². The molecule has 0 radical (unpaired) electrons. The molecule has 1 fully saturated rings. The van der Waals surface area contributed by atoms with E-state index < -0.39 is 11.7 Å². The molecule has 3 rings (SSSR count). The average molecular weight is 378 g/mol. The van der Waals surface area contributed by atoms with Gasteiger partial charge in [-0.3, -0.25) is 9.59 Å². The van der Waals surface area contributed by atoms with Crippen LogP contribution < -0.4 is 10.2 Å². The quantitative estimate of drug-likeness (QED) is 0.475. The third kappa shape index (κ3) is 4.05. The van der Waals surface area contributed by atoms with Gasteiger partial charge in [-0.25, -0.2) is 4.39 Å². The summed E-state index contributed by atoms with van der Waals surface area (Å²) in [6, 6.07) is 6.03. The van der Waals surface area contributed by atoms with Crippen molar-refractivity contribution < 1.29 is 14.0 Å². The van der Waals surface area contributed by atoms with Crippen LogP contribution in [0, 0.1) is 11.7 Å². The minimum absolute atomic E-state index is 0.0387. The zero-order valence-corrected chi connectivity index (χ0v) is 14.8. The Hall–Kier alpha value is -2.26. The van der Waals surface area contributed by atoms with Gasteiger partial charge in [0.2, 0.25) is 16.9 Å². The standard InChI is InChI=1S/C16H15FN4O2S2/c1-2-7-24-16-20-19-15(25-16)18-14(23)10-8-13(22)21(9-10)12-6-4-3-5-11(12)17/h2-6,10H,1,7-9H2,(H,18,19,23). The van der Waals surface area contributed by atoms with E-state index in [0.29, 0.717) is 10.9 Å². The fraction of sp³-hybridized carbons (Fsp3) is 0.250. The molecule has 0 spiro atoms. The summed E-state index contributed by atoms with van der Waals surface area (Å²) in [5, 5.41) is 10.9. The lowest BCUT2D eigenvalue weighted by atomic mass is 10.1. The molecule has 25 heavy (non-hydrogen) atoms. The summed E-state index contributed by atoms with van der Waals surface area (Å²) in [6.45, 7) is 3.77. The maximum absolute atomic E-state index is 13.9. The predicted molar refractivity (Wildman–Crippen MR) is 96.3 cm³/mol. The van der Waals surface area contributed by atoms with Crippen molar-refractivity contribution >= 4 is 45.7 Å². The molecule has 6 nitrogen and oxygen atoms in total. The van der Waals surface area contributed by atoms with Crippen LogP contribution in [0.4, 0.5) is 15.2 Å². The highest BCUT2D eigenvalue weighted by molar-refractivity contribution is 8.01. The lowest BCUT2D eigenvalue weighted by Crippen LogP contribution is -2.28. The second kappa shape index (κ2) is 7.75. The molecular weight excluding hydrogens is 363 g/mol. The Labute approximate surface area is 152 Å². The SMILES string of the molecule is C=CCSc1nnc(NC(=O)C2CC(=O)N(c3ccccc3F)C2)s1. The predicted octanol–water partition coefficient (Wildman–Crippen LogP) is 2.95. The van der Waals surface area contributed by atoms with Crippen molar-refractivity contribution in [3.05, 3.63) is 42.7 Å². The van der Waals surface area contributed by atoms with Gasteiger partial charge in [-0.05, 0) is 12.1 Å². The number of carbonyl (C=O) groups excluding carboxylic acids is 2. The van der Waals surface area contributed by atoms with Gasteiger partial charge in [-0.1, -0.05) is 41.3 Å². The number of halogens is 1. The Balaban J connectivity index is 1.64. The number of nitrogens with zero attached hydrogens (tertiary/aromatic N) is 3. The molecule has 130 valence electrons. The van der Waals surface area contributed by atoms with E-state index in [1.165, 1.54) is 40.1 Å². The number of rotatable bonds is 6. The Morgan fingerprint density at radius 1 is 1.48 bits per heavy atom. The Bertz CT molecular complexity index is 811. The van der Waals surface area contributed by atoms with Crippen LogP contribution >= 0.6 is 23.1 Å². The van der Waals surface area contributed by atoms with Crippen molar-refractivity contribution in [2.75, 3.05) is 22.5 Å². The lowest BCUT2D eigenvalue weighted by molar-refractivity contribution is -0.122. The van der Waals surface area contributed by atoms with Crippen LogP contribution in [-0.4, -0.2) is 34.3 Å². The van der Waals surface area contributed by atoms with Gasteiger partial charge in [0.05, 0.1) is 11.6 Å². The van der Waals surface area contributed by atoms with E-state index in [2.05, 4.69) is 22.1 Å². The molecule has 0 bridgehead atoms. The van der Waals surface area contributed by atoms with Gasteiger partial charge in [0.1, 0.15) is 5.82 Å². The monoisotopic (exact) mass is 378 g/mol. The summed E-state index contributed by atoms with van der Waals surface area (Å²) in [6.07, 6.45) is 1.79. The van der Waals surface area contributed by atoms with Crippen LogP contribution in [0.25, 0.3) is 0 Å². The minimum atomic E-state index is -0.555. The van der Waals surface area contributed by atoms with Crippen LogP contribution in [0.2, 0.25) is 0 Å². The zero-order chi connectivity index (χ0) is 17.8. The van der Waals surface area contributed by atoms with E-state index in [-0.39, 0.29) is 30.5 Å². The number of aromatic nitrogens is 2. The summed E-state index contributed by atoms with van der Waals surface area (Å²) in [7, 11) is 0. The summed E-state index contributed by atoms with van der Waals surface area (Å²) in [4.78, 5) is 25.8. The molecule has 0 aliphatic carbocycles. The van der Waals surface area contributed by atoms with Crippen LogP contribution in [0.5, 0.6) is 0 Å². The molecule has 1 aromatic carbocycles. The summed E-state index contributed by atoms with van der Waals surface area (Å²) < 4.78 is 14.6. The second-order valence-corrected chi connectivity index (χ2v) is 7.56. The van der Waals surface area contributed by atoms with E-state index in [0.717, 1.165) is 4.34 Å². The number of thioether (sulfide) groups is 1. The van der Waals surface area contributed by atoms with Gasteiger partial charge in [-0.2, -0.15) is 0 Å². The molecule has 1 saturated heterocycles. The molecule has 2 aromatic rings. The van der Waals surface area contributed by atoms with E-state index in [4.69, 9.17) is 0 Å². The Kier molecular flexibility index (Phi) is 5.44. The van der Waals surface area contributed by atoms with E-state index in [1.807, 2.05) is 0 Å². The van der Waals surface area contributed by atoms with E-state index >= 15 is 0 Å². The fourth-order valence-corrected chi connectivity index (χ4v) is 3.96. The highest BCUT2D eigenvalue weighted by Gasteiger charge is 2.36. The molecule has 1 aliphatic rings. The minimum Gasteiger partial charge on any atom is -0.309 e. The van der Waals surface area contributed by atoms with E-state index in [1.54, 1.807) is 18.2 Å². The number of hydrogen-bond donors (Lipinski definition) is 1. The first-order valence-corrected chi connectivity index (χ1v) is 9.31. The molecule has 1 unspecified atom stereocenters. The zero-order valence-electron chi connectivity index (χ0n) is 13.1. The first-order chi connectivity index (χ1) is 12.1. The molecule has 1 N–H and O–H groups in total. The van der Waals surface area contributed by atoms with Crippen molar-refractivity contribution in [3.63, 3.8) is 0 Å². The molecule has 9 heteroatoms. The highest BCUT2D eigenvalue weighted by Crippen LogP contribution is 2.29. The van der Waals surface area contributed by atoms with Gasteiger partial charge in [0, 0.05) is 18.7 Å². The number of amides is 2. The summed E-state index contributed by atoms with van der Waals surface area (Å²) in [5.41, 5.74) is 0.196. The van der Waals surface area contributed by atoms with Crippen LogP contribution in [0.15, 0.2) is 41.3 Å². The largest absolute Gasteiger partial charge is 0.309 e. The summed E-state index contributed by atoms with van der Waals surface area (Å²) in [5.74, 6) is -0.921. The number of anilines is 2. The van der Waals surface area contributed by atoms with Gasteiger partial charge in [0.15, 0.2) is 4.34 Å². The normalized spacial score (nSPS) is 16.9. The van der Waals surface area contributed by atoms with E-state index in [9.17, 15) is 14.0 Å². The smallest absolute Gasteiger partial charge is 0.231 e. The lowest BCUT2D eigenvalue weighted by Gasteiger charge is -2.17. The number of carbonyl (C=O) groups is 2. The Morgan fingerprint density at radius 2 is 2.28 bits per heavy atom. The molecule has 1 aliphatic heterocycles. The molecule has 2 amide bonds. The number of benzene rings is 1.